The number of aryl methyl sites for hydroxylation is 2. The Morgan fingerprint density at radius 2 is 1.88 bits per heavy atom. The highest BCUT2D eigenvalue weighted by Gasteiger charge is 2.05. The summed E-state index contributed by atoms with van der Waals surface area (Å²) in [5.74, 6) is 0. The third-order valence-corrected chi connectivity index (χ3v) is 3.84. The van der Waals surface area contributed by atoms with Gasteiger partial charge in [-0.05, 0) is 37.7 Å². The molecule has 1 aromatic carbocycles. The minimum Gasteiger partial charge on any atom is -0.332 e. The first kappa shape index (κ1) is 16.2. The Hall–Kier alpha value is -2.67. The Kier molecular flexibility index (Phi) is 4.90. The van der Waals surface area contributed by atoms with E-state index in [4.69, 9.17) is 12.2 Å². The molecule has 3 aromatic rings. The highest BCUT2D eigenvalue weighted by molar-refractivity contribution is 7.80. The van der Waals surface area contributed by atoms with E-state index in [1.54, 1.807) is 6.20 Å². The topological polar surface area (TPSA) is 59.7 Å². The Morgan fingerprint density at radius 1 is 1.08 bits per heavy atom. The van der Waals surface area contributed by atoms with Crippen molar-refractivity contribution in [1.82, 2.24) is 19.6 Å². The summed E-state index contributed by atoms with van der Waals surface area (Å²) in [4.78, 5) is 0. The molecule has 0 aliphatic carbocycles. The van der Waals surface area contributed by atoms with Gasteiger partial charge in [0.2, 0.25) is 0 Å². The number of anilines is 2. The van der Waals surface area contributed by atoms with Crippen LogP contribution < -0.4 is 10.6 Å². The normalized spacial score (nSPS) is 10.6. The molecule has 0 radical (unpaired) electrons. The second kappa shape index (κ2) is 7.27. The van der Waals surface area contributed by atoms with Crippen LogP contribution in [0, 0.1) is 6.92 Å². The van der Waals surface area contributed by atoms with Crippen molar-refractivity contribution in [2.75, 3.05) is 10.6 Å². The minimum absolute atomic E-state index is 0.544. The summed E-state index contributed by atoms with van der Waals surface area (Å²) in [5, 5.41) is 15.5. The van der Waals surface area contributed by atoms with E-state index in [1.807, 2.05) is 59.1 Å². The van der Waals surface area contributed by atoms with Crippen LogP contribution >= 0.6 is 12.2 Å². The highest BCUT2D eigenvalue weighted by atomic mass is 32.1. The summed E-state index contributed by atoms with van der Waals surface area (Å²) in [6.45, 7) is 5.65. The van der Waals surface area contributed by atoms with Gasteiger partial charge in [0.25, 0.3) is 0 Å². The molecule has 0 aliphatic heterocycles. The first-order valence-electron chi connectivity index (χ1n) is 7.81. The van der Waals surface area contributed by atoms with E-state index in [0.29, 0.717) is 11.7 Å². The number of para-hydroxylation sites is 1. The molecule has 0 saturated heterocycles. The number of hydrogen-bond acceptors (Lipinski definition) is 3. The van der Waals surface area contributed by atoms with Crippen LogP contribution in [0.1, 0.15) is 18.1 Å². The monoisotopic (exact) mass is 340 g/mol. The average molecular weight is 340 g/mol. The molecular weight excluding hydrogens is 320 g/mol. The van der Waals surface area contributed by atoms with Crippen LogP contribution in [0.2, 0.25) is 0 Å². The highest BCUT2D eigenvalue weighted by Crippen LogP contribution is 2.14. The minimum atomic E-state index is 0.544. The van der Waals surface area contributed by atoms with Crippen LogP contribution in [-0.4, -0.2) is 24.7 Å². The quantitative estimate of drug-likeness (QED) is 0.698. The number of rotatable bonds is 5. The lowest BCUT2D eigenvalue weighted by molar-refractivity contribution is 0.654. The third-order valence-electron chi connectivity index (χ3n) is 3.64. The van der Waals surface area contributed by atoms with Gasteiger partial charge in [-0.25, -0.2) is 0 Å². The Labute approximate surface area is 146 Å². The van der Waals surface area contributed by atoms with Crippen molar-refractivity contribution in [3.05, 3.63) is 60.2 Å². The molecule has 0 atom stereocenters. The van der Waals surface area contributed by atoms with E-state index in [2.05, 4.69) is 27.8 Å². The summed E-state index contributed by atoms with van der Waals surface area (Å²) in [7, 11) is 0. The van der Waals surface area contributed by atoms with Gasteiger partial charge in [0, 0.05) is 30.2 Å². The molecule has 6 nitrogen and oxygen atoms in total. The van der Waals surface area contributed by atoms with E-state index in [1.165, 1.54) is 0 Å². The molecule has 7 heteroatoms. The number of nitrogens with one attached hydrogen (secondary N) is 2. The fourth-order valence-electron chi connectivity index (χ4n) is 2.36. The van der Waals surface area contributed by atoms with Crippen LogP contribution in [0.15, 0.2) is 49.1 Å². The van der Waals surface area contributed by atoms with Crippen molar-refractivity contribution in [3.8, 4) is 0 Å². The first-order valence-corrected chi connectivity index (χ1v) is 8.22. The zero-order valence-corrected chi connectivity index (χ0v) is 14.5. The number of hydrogen-bond donors (Lipinski definition) is 2. The third kappa shape index (κ3) is 3.99. The van der Waals surface area contributed by atoms with Crippen molar-refractivity contribution in [2.24, 2.45) is 0 Å². The smallest absolute Gasteiger partial charge is 0.175 e. The Morgan fingerprint density at radius 3 is 2.62 bits per heavy atom. The van der Waals surface area contributed by atoms with Gasteiger partial charge in [0.05, 0.1) is 24.6 Å². The zero-order valence-electron chi connectivity index (χ0n) is 13.7. The van der Waals surface area contributed by atoms with Crippen molar-refractivity contribution in [3.63, 3.8) is 0 Å². The molecule has 2 aromatic heterocycles. The van der Waals surface area contributed by atoms with Gasteiger partial charge in [0.1, 0.15) is 0 Å². The van der Waals surface area contributed by atoms with Crippen LogP contribution in [0.5, 0.6) is 0 Å². The van der Waals surface area contributed by atoms with E-state index in [0.717, 1.165) is 29.0 Å². The molecule has 0 aliphatic rings. The van der Waals surface area contributed by atoms with Crippen LogP contribution in [0.4, 0.5) is 11.4 Å². The number of benzene rings is 1. The van der Waals surface area contributed by atoms with E-state index in [9.17, 15) is 0 Å². The Bertz CT molecular complexity index is 835. The predicted octanol–water partition coefficient (Wildman–Crippen LogP) is 3.27. The second-order valence-corrected chi connectivity index (χ2v) is 5.93. The van der Waals surface area contributed by atoms with Crippen LogP contribution in [-0.2, 0) is 13.1 Å². The van der Waals surface area contributed by atoms with Gasteiger partial charge >= 0.3 is 0 Å². The Balaban J connectivity index is 1.59. The fourth-order valence-corrected chi connectivity index (χ4v) is 2.59. The van der Waals surface area contributed by atoms with Crippen LogP contribution in [0.3, 0.4) is 0 Å². The molecule has 0 unspecified atom stereocenters. The van der Waals surface area contributed by atoms with Crippen molar-refractivity contribution in [1.29, 1.82) is 0 Å². The summed E-state index contributed by atoms with van der Waals surface area (Å²) < 4.78 is 3.76. The summed E-state index contributed by atoms with van der Waals surface area (Å²) in [6.07, 6.45) is 7.58. The molecule has 0 saturated carbocycles. The van der Waals surface area contributed by atoms with Gasteiger partial charge in [-0.1, -0.05) is 18.2 Å². The van der Waals surface area contributed by atoms with E-state index < -0.39 is 0 Å². The molecule has 0 amide bonds. The largest absolute Gasteiger partial charge is 0.332 e. The maximum Gasteiger partial charge on any atom is 0.175 e. The molecule has 0 bridgehead atoms. The maximum atomic E-state index is 5.36. The molecule has 0 spiro atoms. The van der Waals surface area contributed by atoms with Crippen molar-refractivity contribution < 1.29 is 0 Å². The van der Waals surface area contributed by atoms with Gasteiger partial charge in [0.15, 0.2) is 5.11 Å². The first-order chi connectivity index (χ1) is 11.6. The summed E-state index contributed by atoms with van der Waals surface area (Å²) in [5.41, 5.74) is 4.11. The molecule has 2 heterocycles. The molecule has 3 rings (SSSR count). The number of thiocarbonyl (C=S) groups is 1. The van der Waals surface area contributed by atoms with Gasteiger partial charge < -0.3 is 10.6 Å². The molecule has 2 N–H and O–H groups in total. The summed E-state index contributed by atoms with van der Waals surface area (Å²) >= 11 is 5.36. The lowest BCUT2D eigenvalue weighted by Gasteiger charge is -2.10. The van der Waals surface area contributed by atoms with Crippen molar-refractivity contribution >= 4 is 28.7 Å². The number of nitrogens with zero attached hydrogens (tertiary/aromatic N) is 4. The molecule has 24 heavy (non-hydrogen) atoms. The summed E-state index contributed by atoms with van der Waals surface area (Å²) in [6, 6.07) is 8.02. The van der Waals surface area contributed by atoms with Gasteiger partial charge in [-0.15, -0.1) is 0 Å². The predicted molar refractivity (Wildman–Crippen MR) is 100 cm³/mol. The van der Waals surface area contributed by atoms with E-state index >= 15 is 0 Å². The second-order valence-electron chi connectivity index (χ2n) is 5.52. The van der Waals surface area contributed by atoms with Gasteiger partial charge in [-0.3, -0.25) is 9.36 Å². The fraction of sp³-hybridized carbons (Fsp3) is 0.235. The molecule has 124 valence electrons. The average Bonchev–Trinajstić information content (AvgIpc) is 3.19. The molecule has 0 fully saturated rings. The SMILES string of the molecule is CCn1cc(Cn2cc(NC(=S)Nc3ccccc3C)cn2)cn1. The van der Waals surface area contributed by atoms with Crippen molar-refractivity contribution in [2.45, 2.75) is 26.9 Å². The standard InChI is InChI=1S/C17H20N6S/c1-3-22-10-14(8-18-22)11-23-12-15(9-19-23)20-17(24)21-16-7-5-4-6-13(16)2/h4-10,12H,3,11H2,1-2H3,(H2,20,21,24). The van der Waals surface area contributed by atoms with E-state index in [-0.39, 0.29) is 0 Å². The lowest BCUT2D eigenvalue weighted by atomic mass is 10.2. The van der Waals surface area contributed by atoms with Gasteiger partial charge in [-0.2, -0.15) is 10.2 Å². The lowest BCUT2D eigenvalue weighted by Crippen LogP contribution is -2.19. The number of aromatic nitrogens is 4. The van der Waals surface area contributed by atoms with Crippen LogP contribution in [0.25, 0.3) is 0 Å². The zero-order chi connectivity index (χ0) is 16.9. The molecular formula is C17H20N6S. The maximum absolute atomic E-state index is 5.36.